The van der Waals surface area contributed by atoms with Crippen LogP contribution in [0.2, 0.25) is 0 Å². The van der Waals surface area contributed by atoms with E-state index in [1.807, 2.05) is 14.1 Å². The van der Waals surface area contributed by atoms with Gasteiger partial charge in [-0.05, 0) is 60.7 Å². The quantitative estimate of drug-likeness (QED) is 0.260. The van der Waals surface area contributed by atoms with E-state index in [0.29, 0.717) is 25.9 Å². The van der Waals surface area contributed by atoms with Gasteiger partial charge in [0.05, 0.1) is 6.04 Å². The standard InChI is InChI=1S/C16H34N6O3/c1-16(2,3)25-15(24)21-14(18)20-9-6-8-12(17)13(23)19-10-7-11-22(4)5/h12H,6-11,17H2,1-5H3,(H,19,23)(H3,18,20,21,24). The van der Waals surface area contributed by atoms with E-state index in [4.69, 9.17) is 16.2 Å². The van der Waals surface area contributed by atoms with Crippen LogP contribution in [0.5, 0.6) is 0 Å². The Bertz CT molecular complexity index is 446. The van der Waals surface area contributed by atoms with Crippen LogP contribution >= 0.6 is 0 Å². The Morgan fingerprint density at radius 1 is 1.24 bits per heavy atom. The molecule has 0 fully saturated rings. The lowest BCUT2D eigenvalue weighted by Crippen LogP contribution is -2.41. The maximum absolute atomic E-state index is 11.8. The van der Waals surface area contributed by atoms with Crippen LogP contribution in [-0.2, 0) is 9.53 Å². The van der Waals surface area contributed by atoms with Crippen LogP contribution in [0.3, 0.4) is 0 Å². The SMILES string of the molecule is CN(C)CCCNC(=O)C(N)CCCN=C(N)NC(=O)OC(C)(C)C. The average Bonchev–Trinajstić information content (AvgIpc) is 2.45. The minimum atomic E-state index is -0.650. The molecule has 9 heteroatoms. The largest absolute Gasteiger partial charge is 0.444 e. The van der Waals surface area contributed by atoms with E-state index < -0.39 is 17.7 Å². The minimum Gasteiger partial charge on any atom is -0.444 e. The summed E-state index contributed by atoms with van der Waals surface area (Å²) in [6, 6.07) is -0.574. The summed E-state index contributed by atoms with van der Waals surface area (Å²) < 4.78 is 5.06. The van der Waals surface area contributed by atoms with Crippen LogP contribution in [0.4, 0.5) is 4.79 Å². The van der Waals surface area contributed by atoms with Crippen molar-refractivity contribution in [2.24, 2.45) is 16.5 Å². The van der Waals surface area contributed by atoms with E-state index in [0.717, 1.165) is 13.0 Å². The van der Waals surface area contributed by atoms with Crippen molar-refractivity contribution in [3.63, 3.8) is 0 Å². The summed E-state index contributed by atoms with van der Waals surface area (Å²) in [6.07, 6.45) is 1.30. The molecule has 1 unspecified atom stereocenters. The van der Waals surface area contributed by atoms with Gasteiger partial charge in [-0.25, -0.2) is 4.79 Å². The van der Waals surface area contributed by atoms with Crippen LogP contribution in [-0.4, -0.2) is 68.2 Å². The highest BCUT2D eigenvalue weighted by Gasteiger charge is 2.16. The summed E-state index contributed by atoms with van der Waals surface area (Å²) in [4.78, 5) is 29.4. The van der Waals surface area contributed by atoms with Gasteiger partial charge in [0.2, 0.25) is 5.91 Å². The van der Waals surface area contributed by atoms with Crippen LogP contribution in [0, 0.1) is 0 Å². The van der Waals surface area contributed by atoms with E-state index in [9.17, 15) is 9.59 Å². The maximum Gasteiger partial charge on any atom is 0.414 e. The third-order valence-corrected chi connectivity index (χ3v) is 3.00. The summed E-state index contributed by atoms with van der Waals surface area (Å²) in [5.41, 5.74) is 10.8. The first-order valence-electron chi connectivity index (χ1n) is 8.49. The number of nitrogens with two attached hydrogens (primary N) is 2. The van der Waals surface area contributed by atoms with Crippen molar-refractivity contribution >= 4 is 18.0 Å². The van der Waals surface area contributed by atoms with Gasteiger partial charge in [-0.3, -0.25) is 15.1 Å². The van der Waals surface area contributed by atoms with E-state index >= 15 is 0 Å². The molecule has 0 rings (SSSR count). The average molecular weight is 358 g/mol. The van der Waals surface area contributed by atoms with E-state index in [-0.39, 0.29) is 11.9 Å². The Hall–Kier alpha value is -1.87. The van der Waals surface area contributed by atoms with Crippen LogP contribution in [0.25, 0.3) is 0 Å². The molecule has 0 aromatic rings. The molecule has 0 aromatic carbocycles. The first-order valence-corrected chi connectivity index (χ1v) is 8.49. The number of alkyl carbamates (subject to hydrolysis) is 1. The zero-order chi connectivity index (χ0) is 19.5. The number of nitrogens with one attached hydrogen (secondary N) is 2. The van der Waals surface area contributed by atoms with Gasteiger partial charge < -0.3 is 26.4 Å². The second-order valence-electron chi connectivity index (χ2n) is 7.09. The molecule has 0 radical (unpaired) electrons. The van der Waals surface area contributed by atoms with Crippen LogP contribution in [0.1, 0.15) is 40.0 Å². The monoisotopic (exact) mass is 358 g/mol. The number of ether oxygens (including phenoxy) is 1. The Balaban J connectivity index is 3.93. The molecule has 0 spiro atoms. The molecule has 9 nitrogen and oxygen atoms in total. The Morgan fingerprint density at radius 3 is 2.44 bits per heavy atom. The number of hydrogen-bond donors (Lipinski definition) is 4. The lowest BCUT2D eigenvalue weighted by Gasteiger charge is -2.19. The lowest BCUT2D eigenvalue weighted by atomic mass is 10.1. The molecule has 0 aliphatic rings. The smallest absolute Gasteiger partial charge is 0.414 e. The number of rotatable bonds is 9. The van der Waals surface area contributed by atoms with Crippen molar-refractivity contribution < 1.29 is 14.3 Å². The Kier molecular flexibility index (Phi) is 10.8. The number of hydrogen-bond acceptors (Lipinski definition) is 6. The third-order valence-electron chi connectivity index (χ3n) is 3.00. The molecule has 146 valence electrons. The number of carbonyl (C=O) groups excluding carboxylic acids is 2. The first-order chi connectivity index (χ1) is 11.5. The predicted octanol–water partition coefficient (Wildman–Crippen LogP) is 0.00120. The summed E-state index contributed by atoms with van der Waals surface area (Å²) in [5, 5.41) is 5.15. The predicted molar refractivity (Wildman–Crippen MR) is 99.2 cm³/mol. The third kappa shape index (κ3) is 14.2. The number of amides is 2. The van der Waals surface area contributed by atoms with Gasteiger partial charge in [0.25, 0.3) is 0 Å². The molecule has 0 bridgehead atoms. The molecular formula is C16H34N6O3. The molecule has 1 atom stereocenters. The number of aliphatic imine (C=N–C) groups is 1. The second-order valence-corrected chi connectivity index (χ2v) is 7.09. The van der Waals surface area contributed by atoms with Gasteiger partial charge >= 0.3 is 6.09 Å². The molecule has 0 saturated carbocycles. The summed E-state index contributed by atoms with van der Waals surface area (Å²) in [6.45, 7) is 7.15. The molecule has 0 saturated heterocycles. The number of carbonyl (C=O) groups is 2. The molecule has 6 N–H and O–H groups in total. The summed E-state index contributed by atoms with van der Waals surface area (Å²) in [7, 11) is 3.97. The van der Waals surface area contributed by atoms with E-state index in [1.54, 1.807) is 20.8 Å². The number of guanidine groups is 1. The normalized spacial score (nSPS) is 13.5. The van der Waals surface area contributed by atoms with Crippen molar-refractivity contribution in [1.82, 2.24) is 15.5 Å². The van der Waals surface area contributed by atoms with Crippen molar-refractivity contribution in [3.05, 3.63) is 0 Å². The zero-order valence-electron chi connectivity index (χ0n) is 16.1. The number of nitrogens with zero attached hydrogens (tertiary/aromatic N) is 2. The van der Waals surface area contributed by atoms with Crippen molar-refractivity contribution in [3.8, 4) is 0 Å². The van der Waals surface area contributed by atoms with E-state index in [1.165, 1.54) is 0 Å². The molecule has 0 aromatic heterocycles. The van der Waals surface area contributed by atoms with Crippen molar-refractivity contribution in [2.45, 2.75) is 51.7 Å². The molecule has 2 amide bonds. The van der Waals surface area contributed by atoms with Crippen molar-refractivity contribution in [2.75, 3.05) is 33.7 Å². The highest BCUT2D eigenvalue weighted by Crippen LogP contribution is 2.06. The molecule has 25 heavy (non-hydrogen) atoms. The summed E-state index contributed by atoms with van der Waals surface area (Å²) >= 11 is 0. The molecule has 0 aliphatic carbocycles. The van der Waals surface area contributed by atoms with Crippen LogP contribution in [0.15, 0.2) is 4.99 Å². The van der Waals surface area contributed by atoms with E-state index in [2.05, 4.69) is 20.5 Å². The summed E-state index contributed by atoms with van der Waals surface area (Å²) in [5.74, 6) is -0.182. The first kappa shape index (κ1) is 23.1. The lowest BCUT2D eigenvalue weighted by molar-refractivity contribution is -0.122. The molecular weight excluding hydrogens is 324 g/mol. The van der Waals surface area contributed by atoms with Crippen LogP contribution < -0.4 is 22.1 Å². The maximum atomic E-state index is 11.8. The van der Waals surface area contributed by atoms with Gasteiger partial charge in [-0.2, -0.15) is 0 Å². The Morgan fingerprint density at radius 2 is 1.88 bits per heavy atom. The Labute approximate surface area is 150 Å². The minimum absolute atomic E-state index is 0.0176. The second kappa shape index (κ2) is 11.6. The van der Waals surface area contributed by atoms with Gasteiger partial charge in [-0.1, -0.05) is 0 Å². The van der Waals surface area contributed by atoms with Gasteiger partial charge in [0, 0.05) is 13.1 Å². The van der Waals surface area contributed by atoms with Gasteiger partial charge in [0.15, 0.2) is 5.96 Å². The molecule has 0 aliphatic heterocycles. The highest BCUT2D eigenvalue weighted by atomic mass is 16.6. The fourth-order valence-corrected chi connectivity index (χ4v) is 1.83. The highest BCUT2D eigenvalue weighted by molar-refractivity contribution is 5.92. The topological polar surface area (TPSA) is 135 Å². The fraction of sp³-hybridized carbons (Fsp3) is 0.812. The molecule has 0 heterocycles. The van der Waals surface area contributed by atoms with Gasteiger partial charge in [0.1, 0.15) is 5.60 Å². The zero-order valence-corrected chi connectivity index (χ0v) is 16.1. The fourth-order valence-electron chi connectivity index (χ4n) is 1.83. The van der Waals surface area contributed by atoms with Crippen molar-refractivity contribution in [1.29, 1.82) is 0 Å². The van der Waals surface area contributed by atoms with Gasteiger partial charge in [-0.15, -0.1) is 0 Å².